The van der Waals surface area contributed by atoms with Crippen LogP contribution >= 0.6 is 0 Å². The van der Waals surface area contributed by atoms with Gasteiger partial charge in [0, 0.05) is 43.7 Å². The van der Waals surface area contributed by atoms with E-state index in [1.165, 1.54) is 0 Å². The number of hydrogen-bond donors (Lipinski definition) is 2. The van der Waals surface area contributed by atoms with Crippen LogP contribution in [0.5, 0.6) is 0 Å². The van der Waals surface area contributed by atoms with Gasteiger partial charge in [-0.05, 0) is 56.7 Å². The van der Waals surface area contributed by atoms with Gasteiger partial charge in [0.2, 0.25) is 0 Å². The van der Waals surface area contributed by atoms with Gasteiger partial charge in [-0.15, -0.1) is 0 Å². The molecule has 0 radical (unpaired) electrons. The van der Waals surface area contributed by atoms with Crippen molar-refractivity contribution in [1.82, 2.24) is 9.78 Å². The number of aliphatic hydroxyl groups excluding tert-OH is 1. The molecular formula is C24H29N5O3. The first kappa shape index (κ1) is 20.8. The highest BCUT2D eigenvalue weighted by atomic mass is 16.5. The van der Waals surface area contributed by atoms with Crippen LogP contribution in [0.1, 0.15) is 66.7 Å². The number of nitrogens with one attached hydrogen (secondary N) is 1. The molecule has 1 amide bonds. The van der Waals surface area contributed by atoms with Crippen molar-refractivity contribution in [3.63, 3.8) is 0 Å². The van der Waals surface area contributed by atoms with Crippen molar-refractivity contribution in [1.29, 1.82) is 0 Å². The molecule has 0 aliphatic heterocycles. The molecule has 8 heteroatoms. The van der Waals surface area contributed by atoms with Gasteiger partial charge in [-0.25, -0.2) is 0 Å². The van der Waals surface area contributed by atoms with Crippen LogP contribution in [-0.4, -0.2) is 41.0 Å². The zero-order chi connectivity index (χ0) is 22.4. The molecule has 2 aliphatic rings. The fourth-order valence-electron chi connectivity index (χ4n) is 4.61. The summed E-state index contributed by atoms with van der Waals surface area (Å²) in [5.41, 5.74) is 3.09. The number of benzene rings is 1. The molecule has 2 aliphatic carbocycles. The first-order valence-electron chi connectivity index (χ1n) is 11.3. The van der Waals surface area contributed by atoms with Gasteiger partial charge in [-0.2, -0.15) is 9.83 Å². The Morgan fingerprint density at radius 1 is 1.19 bits per heavy atom. The van der Waals surface area contributed by atoms with E-state index in [2.05, 4.69) is 5.32 Å². The van der Waals surface area contributed by atoms with Crippen LogP contribution in [0.2, 0.25) is 0 Å². The predicted molar refractivity (Wildman–Crippen MR) is 123 cm³/mol. The number of pyridine rings is 1. The highest BCUT2D eigenvalue weighted by molar-refractivity contribution is 6.05. The summed E-state index contributed by atoms with van der Waals surface area (Å²) in [6, 6.07) is 9.30. The molecule has 5 rings (SSSR count). The number of nitrogens with zero attached hydrogens (tertiary/aromatic N) is 4. The van der Waals surface area contributed by atoms with Crippen molar-refractivity contribution in [3.8, 4) is 0 Å². The smallest absolute Gasteiger partial charge is 0.321 e. The number of carbonyl (C=O) groups is 1. The van der Waals surface area contributed by atoms with Crippen molar-refractivity contribution in [2.24, 2.45) is 0 Å². The van der Waals surface area contributed by atoms with Crippen molar-refractivity contribution < 1.29 is 14.6 Å². The summed E-state index contributed by atoms with van der Waals surface area (Å²) < 4.78 is 2.77. The van der Waals surface area contributed by atoms with E-state index < -0.39 is 5.91 Å². The molecule has 2 fully saturated rings. The van der Waals surface area contributed by atoms with E-state index in [0.717, 1.165) is 59.8 Å². The summed E-state index contributed by atoms with van der Waals surface area (Å²) in [5.74, 6) is -0.153. The van der Waals surface area contributed by atoms with Crippen LogP contribution in [0.25, 0.3) is 10.9 Å². The normalized spacial score (nSPS) is 21.0. The minimum absolute atomic E-state index is 0.107. The molecule has 0 spiro atoms. The Labute approximate surface area is 187 Å². The van der Waals surface area contributed by atoms with Crippen LogP contribution in [0.4, 0.5) is 11.4 Å². The molecule has 0 unspecified atom stereocenters. The van der Waals surface area contributed by atoms with E-state index in [4.69, 9.17) is 5.10 Å². The van der Waals surface area contributed by atoms with Crippen LogP contribution < -0.4 is 14.9 Å². The molecule has 168 valence electrons. The molecule has 0 atom stereocenters. The second-order valence-corrected chi connectivity index (χ2v) is 9.25. The maximum Gasteiger partial charge on any atom is 0.321 e. The maximum atomic E-state index is 13.0. The van der Waals surface area contributed by atoms with Crippen LogP contribution in [-0.2, 0) is 0 Å². The second-order valence-electron chi connectivity index (χ2n) is 9.25. The topological polar surface area (TPSA) is 97.3 Å². The lowest BCUT2D eigenvalue weighted by molar-refractivity contribution is -0.616. The highest BCUT2D eigenvalue weighted by Crippen LogP contribution is 2.38. The van der Waals surface area contributed by atoms with Crippen LogP contribution in [0.3, 0.4) is 0 Å². The molecule has 1 aromatic carbocycles. The van der Waals surface area contributed by atoms with Gasteiger partial charge in [0.25, 0.3) is 5.69 Å². The molecule has 2 N–H and O–H groups in total. The Kier molecular flexibility index (Phi) is 5.25. The maximum absolute atomic E-state index is 13.0. The fraction of sp³-hybridized carbons (Fsp3) is 0.458. The van der Waals surface area contributed by atoms with E-state index in [1.807, 2.05) is 42.0 Å². The molecule has 2 aromatic heterocycles. The minimum atomic E-state index is -0.418. The van der Waals surface area contributed by atoms with Gasteiger partial charge >= 0.3 is 5.91 Å². The summed E-state index contributed by atoms with van der Waals surface area (Å²) >= 11 is 0. The fourth-order valence-corrected chi connectivity index (χ4v) is 4.61. The molecule has 2 heterocycles. The van der Waals surface area contributed by atoms with E-state index in [0.29, 0.717) is 11.4 Å². The predicted octanol–water partition coefficient (Wildman–Crippen LogP) is 3.34. The number of hydrogen-bond acceptors (Lipinski definition) is 5. The molecule has 0 bridgehead atoms. The number of aliphatic hydroxyl groups is 1. The van der Waals surface area contributed by atoms with Crippen molar-refractivity contribution in [2.45, 2.75) is 56.6 Å². The Balaban J connectivity index is 1.45. The lowest BCUT2D eigenvalue weighted by atomic mass is 9.93. The molecule has 32 heavy (non-hydrogen) atoms. The van der Waals surface area contributed by atoms with Gasteiger partial charge in [0.1, 0.15) is 0 Å². The molecule has 0 saturated heterocycles. The van der Waals surface area contributed by atoms with Gasteiger partial charge < -0.3 is 20.5 Å². The lowest BCUT2D eigenvalue weighted by Crippen LogP contribution is -2.40. The number of amides is 1. The molecule has 8 nitrogen and oxygen atoms in total. The van der Waals surface area contributed by atoms with Crippen molar-refractivity contribution >= 4 is 28.2 Å². The molecular weight excluding hydrogens is 406 g/mol. The number of anilines is 2. The third-order valence-electron chi connectivity index (χ3n) is 6.61. The van der Waals surface area contributed by atoms with Crippen LogP contribution in [0, 0.1) is 5.21 Å². The van der Waals surface area contributed by atoms with Crippen LogP contribution in [0.15, 0.2) is 36.5 Å². The second kappa shape index (κ2) is 8.09. The quantitative estimate of drug-likeness (QED) is 0.473. The lowest BCUT2D eigenvalue weighted by Gasteiger charge is -2.25. The Bertz CT molecular complexity index is 1160. The first-order valence-corrected chi connectivity index (χ1v) is 11.3. The Morgan fingerprint density at radius 3 is 2.62 bits per heavy atom. The van der Waals surface area contributed by atoms with E-state index in [9.17, 15) is 15.1 Å². The molecule has 2 saturated carbocycles. The number of aromatic nitrogens is 3. The summed E-state index contributed by atoms with van der Waals surface area (Å²) in [7, 11) is 3.83. The number of fused-ring (bicyclic) bond motifs is 1. The SMILES string of the molecule is CN(C)c1cc2nn(C3CCC(O)CC3)cc2cc1NC(=O)c1cccc(C2CC2)[n+]1[O-]. The van der Waals surface area contributed by atoms with Gasteiger partial charge in [0.15, 0.2) is 5.69 Å². The first-order chi connectivity index (χ1) is 15.4. The summed E-state index contributed by atoms with van der Waals surface area (Å²) in [6.07, 6.45) is 7.19. The third-order valence-corrected chi connectivity index (χ3v) is 6.61. The van der Waals surface area contributed by atoms with Gasteiger partial charge in [0.05, 0.1) is 29.0 Å². The standard InChI is InChI=1S/C24H29N5O3/c1-27(2)23-13-19-16(14-28(26-19)17-8-10-18(30)11-9-17)12-20(23)25-24(31)22-5-3-4-21(29(22)32)15-6-7-15/h3-5,12-15,17-18,30H,6-11H2,1-2H3,(H,25,31). The van der Waals surface area contributed by atoms with Gasteiger partial charge in [-0.1, -0.05) is 0 Å². The average molecular weight is 436 g/mol. The summed E-state index contributed by atoms with van der Waals surface area (Å²) in [5, 5.41) is 31.2. The Morgan fingerprint density at radius 2 is 1.94 bits per heavy atom. The summed E-state index contributed by atoms with van der Waals surface area (Å²) in [6.45, 7) is 0. The van der Waals surface area contributed by atoms with Crippen molar-refractivity contribution in [3.05, 3.63) is 53.1 Å². The Hall–Kier alpha value is -3.13. The van der Waals surface area contributed by atoms with Crippen molar-refractivity contribution in [2.75, 3.05) is 24.3 Å². The minimum Gasteiger partial charge on any atom is -0.618 e. The number of carbonyl (C=O) groups excluding carboxylic acids is 1. The summed E-state index contributed by atoms with van der Waals surface area (Å²) in [4.78, 5) is 15.0. The van der Waals surface area contributed by atoms with E-state index in [-0.39, 0.29) is 23.8 Å². The molecule has 3 aromatic rings. The zero-order valence-corrected chi connectivity index (χ0v) is 18.5. The average Bonchev–Trinajstić information content (AvgIpc) is 3.52. The largest absolute Gasteiger partial charge is 0.618 e. The van der Waals surface area contributed by atoms with Gasteiger partial charge in [-0.3, -0.25) is 9.48 Å². The zero-order valence-electron chi connectivity index (χ0n) is 18.5. The highest BCUT2D eigenvalue weighted by Gasteiger charge is 2.33. The monoisotopic (exact) mass is 435 g/mol. The third kappa shape index (κ3) is 3.90. The van der Waals surface area contributed by atoms with E-state index in [1.54, 1.807) is 18.2 Å². The van der Waals surface area contributed by atoms with E-state index >= 15 is 0 Å². The number of rotatable bonds is 5.